The third kappa shape index (κ3) is 3.34. The van der Waals surface area contributed by atoms with Crippen LogP contribution in [0.4, 0.5) is 21.9 Å². The van der Waals surface area contributed by atoms with Crippen LogP contribution < -0.4 is 10.6 Å². The van der Waals surface area contributed by atoms with Crippen molar-refractivity contribution in [2.45, 2.75) is 13.8 Å². The molecule has 0 aliphatic rings. The monoisotopic (exact) mass is 356 g/mol. The number of ketones is 1. The van der Waals surface area contributed by atoms with Gasteiger partial charge in [-0.15, -0.1) is 0 Å². The lowest BCUT2D eigenvalue weighted by molar-refractivity contribution is 0.100. The van der Waals surface area contributed by atoms with E-state index in [1.807, 2.05) is 0 Å². The van der Waals surface area contributed by atoms with Gasteiger partial charge in [-0.1, -0.05) is 6.07 Å². The number of oxazole rings is 1. The zero-order valence-electron chi connectivity index (χ0n) is 14.5. The molecule has 7 nitrogen and oxygen atoms in total. The number of carbonyl (C=O) groups is 2. The molecule has 1 aromatic carbocycles. The predicted molar refractivity (Wildman–Crippen MR) is 94.3 cm³/mol. The lowest BCUT2D eigenvalue weighted by Crippen LogP contribution is -2.14. The molecule has 26 heavy (non-hydrogen) atoms. The fraction of sp³-hybridized carbons (Fsp3) is 0.167. The van der Waals surface area contributed by atoms with Gasteiger partial charge in [-0.25, -0.2) is 9.37 Å². The Morgan fingerprint density at radius 1 is 1.27 bits per heavy atom. The van der Waals surface area contributed by atoms with Crippen molar-refractivity contribution < 1.29 is 18.4 Å². The smallest absolute Gasteiger partial charge is 0.301 e. The zero-order chi connectivity index (χ0) is 18.8. The summed E-state index contributed by atoms with van der Waals surface area (Å²) in [7, 11) is 1.62. The molecule has 1 amide bonds. The third-order valence-electron chi connectivity index (χ3n) is 3.87. The molecule has 0 saturated heterocycles. The number of nitrogens with zero attached hydrogens (tertiary/aromatic N) is 2. The number of benzene rings is 1. The van der Waals surface area contributed by atoms with E-state index >= 15 is 0 Å². The summed E-state index contributed by atoms with van der Waals surface area (Å²) in [5.41, 5.74) is 1.43. The number of nitrogens with one attached hydrogen (secondary N) is 2. The summed E-state index contributed by atoms with van der Waals surface area (Å²) in [5.74, 6) is -0.947. The Balaban J connectivity index is 2.01. The molecule has 2 heterocycles. The van der Waals surface area contributed by atoms with E-state index in [0.29, 0.717) is 5.69 Å². The molecule has 0 radical (unpaired) electrons. The van der Waals surface area contributed by atoms with Gasteiger partial charge in [0.15, 0.2) is 5.78 Å². The van der Waals surface area contributed by atoms with Gasteiger partial charge in [0.05, 0.1) is 23.1 Å². The van der Waals surface area contributed by atoms with Gasteiger partial charge in [-0.3, -0.25) is 14.9 Å². The molecule has 0 spiro atoms. The van der Waals surface area contributed by atoms with Gasteiger partial charge in [-0.2, -0.15) is 0 Å². The SMILES string of the molecule is CC(=O)c1cc(C(=O)Nc2ncco2)c(Nc2ccc(C)cc2F)n1C. The van der Waals surface area contributed by atoms with Crippen molar-refractivity contribution in [3.8, 4) is 0 Å². The van der Waals surface area contributed by atoms with Gasteiger partial charge in [0, 0.05) is 14.0 Å². The Morgan fingerprint density at radius 2 is 2.04 bits per heavy atom. The Bertz CT molecular complexity index is 977. The second-order valence-corrected chi connectivity index (χ2v) is 5.81. The fourth-order valence-corrected chi connectivity index (χ4v) is 2.56. The number of carbonyl (C=O) groups excluding carboxylic acids is 2. The summed E-state index contributed by atoms with van der Waals surface area (Å²) < 4.78 is 20.7. The average Bonchev–Trinajstić information content (AvgIpc) is 3.18. The van der Waals surface area contributed by atoms with E-state index in [-0.39, 0.29) is 28.9 Å². The summed E-state index contributed by atoms with van der Waals surface area (Å²) in [5, 5.41) is 5.39. The number of hydrogen-bond donors (Lipinski definition) is 2. The van der Waals surface area contributed by atoms with Crippen molar-refractivity contribution in [2.75, 3.05) is 10.6 Å². The molecule has 0 aliphatic heterocycles. The van der Waals surface area contributed by atoms with Gasteiger partial charge in [0.25, 0.3) is 5.91 Å². The van der Waals surface area contributed by atoms with Crippen molar-refractivity contribution in [1.29, 1.82) is 0 Å². The quantitative estimate of drug-likeness (QED) is 0.681. The molecule has 3 rings (SSSR count). The van der Waals surface area contributed by atoms with E-state index in [2.05, 4.69) is 15.6 Å². The zero-order valence-corrected chi connectivity index (χ0v) is 14.5. The molecule has 0 atom stereocenters. The van der Waals surface area contributed by atoms with Crippen LogP contribution in [0.3, 0.4) is 0 Å². The molecule has 2 aromatic heterocycles. The molecule has 0 unspecified atom stereocenters. The predicted octanol–water partition coefficient (Wildman–Crippen LogP) is 3.66. The first-order chi connectivity index (χ1) is 12.4. The molecule has 0 fully saturated rings. The Labute approximate surface area is 148 Å². The topological polar surface area (TPSA) is 89.2 Å². The second kappa shape index (κ2) is 6.83. The van der Waals surface area contributed by atoms with Crippen molar-refractivity contribution in [2.24, 2.45) is 7.05 Å². The first kappa shape index (κ1) is 17.4. The Hall–Kier alpha value is -3.42. The molecule has 0 bridgehead atoms. The van der Waals surface area contributed by atoms with Crippen LogP contribution in [-0.4, -0.2) is 21.2 Å². The highest BCUT2D eigenvalue weighted by Gasteiger charge is 2.22. The minimum atomic E-state index is -0.537. The van der Waals surface area contributed by atoms with Crippen LogP contribution >= 0.6 is 0 Å². The molecule has 134 valence electrons. The van der Waals surface area contributed by atoms with Crippen molar-refractivity contribution in [3.05, 3.63) is 59.4 Å². The average molecular weight is 356 g/mol. The van der Waals surface area contributed by atoms with Crippen LogP contribution in [0.2, 0.25) is 0 Å². The highest BCUT2D eigenvalue weighted by atomic mass is 19.1. The van der Waals surface area contributed by atoms with Crippen LogP contribution in [0.25, 0.3) is 0 Å². The number of rotatable bonds is 5. The van der Waals surface area contributed by atoms with Crippen molar-refractivity contribution in [3.63, 3.8) is 0 Å². The third-order valence-corrected chi connectivity index (χ3v) is 3.87. The maximum absolute atomic E-state index is 14.2. The molecular weight excluding hydrogens is 339 g/mol. The number of hydrogen-bond acceptors (Lipinski definition) is 5. The standard InChI is InChI=1S/C18H17FN4O3/c1-10-4-5-14(13(19)8-10)21-16-12(9-15(11(2)24)23(16)3)17(25)22-18-20-6-7-26-18/h4-9,21H,1-3H3,(H,20,22,25). The van der Waals surface area contributed by atoms with Crippen LogP contribution in [0.15, 0.2) is 41.1 Å². The maximum Gasteiger partial charge on any atom is 0.301 e. The van der Waals surface area contributed by atoms with Gasteiger partial charge in [0.1, 0.15) is 17.9 Å². The Kier molecular flexibility index (Phi) is 4.57. The minimum Gasteiger partial charge on any atom is -0.432 e. The Morgan fingerprint density at radius 3 is 2.65 bits per heavy atom. The normalized spacial score (nSPS) is 10.6. The first-order valence-electron chi connectivity index (χ1n) is 7.81. The molecule has 3 aromatic rings. The lowest BCUT2D eigenvalue weighted by atomic mass is 10.2. The van der Waals surface area contributed by atoms with E-state index in [4.69, 9.17) is 4.42 Å². The van der Waals surface area contributed by atoms with E-state index in [1.54, 1.807) is 26.1 Å². The van der Waals surface area contributed by atoms with Gasteiger partial charge >= 0.3 is 6.01 Å². The number of anilines is 3. The van der Waals surface area contributed by atoms with E-state index in [9.17, 15) is 14.0 Å². The molecule has 0 saturated carbocycles. The number of halogens is 1. The van der Waals surface area contributed by atoms with Gasteiger partial charge in [0.2, 0.25) is 0 Å². The number of aromatic nitrogens is 2. The van der Waals surface area contributed by atoms with Crippen LogP contribution in [-0.2, 0) is 7.05 Å². The van der Waals surface area contributed by atoms with Crippen LogP contribution in [0, 0.1) is 12.7 Å². The summed E-state index contributed by atoms with van der Waals surface area (Å²) in [4.78, 5) is 28.3. The lowest BCUT2D eigenvalue weighted by Gasteiger charge is -2.12. The summed E-state index contributed by atoms with van der Waals surface area (Å²) in [6.45, 7) is 3.17. The molecule has 2 N–H and O–H groups in total. The van der Waals surface area contributed by atoms with Crippen molar-refractivity contribution in [1.82, 2.24) is 9.55 Å². The first-order valence-corrected chi connectivity index (χ1v) is 7.81. The van der Waals surface area contributed by atoms with Crippen LogP contribution in [0.1, 0.15) is 33.3 Å². The molecular formula is C18H17FN4O3. The van der Waals surface area contributed by atoms with E-state index in [0.717, 1.165) is 5.56 Å². The highest BCUT2D eigenvalue weighted by molar-refractivity contribution is 6.09. The van der Waals surface area contributed by atoms with Crippen molar-refractivity contribution >= 4 is 29.2 Å². The van der Waals surface area contributed by atoms with Gasteiger partial charge < -0.3 is 14.3 Å². The van der Waals surface area contributed by atoms with E-state index in [1.165, 1.54) is 36.1 Å². The number of aryl methyl sites for hydroxylation is 1. The van der Waals surface area contributed by atoms with Gasteiger partial charge in [-0.05, 0) is 30.7 Å². The second-order valence-electron chi connectivity index (χ2n) is 5.81. The van der Waals surface area contributed by atoms with E-state index < -0.39 is 11.7 Å². The fourth-order valence-electron chi connectivity index (χ4n) is 2.56. The van der Waals surface area contributed by atoms with Crippen LogP contribution in [0.5, 0.6) is 0 Å². The molecule has 0 aliphatic carbocycles. The minimum absolute atomic E-state index is 0.0238. The summed E-state index contributed by atoms with van der Waals surface area (Å²) in [6, 6.07) is 6.16. The maximum atomic E-state index is 14.2. The molecule has 8 heteroatoms. The summed E-state index contributed by atoms with van der Waals surface area (Å²) in [6.07, 6.45) is 2.71. The highest BCUT2D eigenvalue weighted by Crippen LogP contribution is 2.27. The largest absolute Gasteiger partial charge is 0.432 e. The number of amides is 1. The summed E-state index contributed by atoms with van der Waals surface area (Å²) >= 11 is 0. The number of Topliss-reactive ketones (excluding diaryl/α,β-unsaturated/α-hetero) is 1.